The van der Waals surface area contributed by atoms with E-state index >= 15 is 0 Å². The van der Waals surface area contributed by atoms with Gasteiger partial charge in [0.05, 0.1) is 4.70 Å². The van der Waals surface area contributed by atoms with Crippen LogP contribution in [0.5, 0.6) is 0 Å². The Balaban J connectivity index is 1.54. The number of anilines is 2. The average molecular weight is 408 g/mol. The minimum absolute atomic E-state index is 0.0503. The molecule has 28 heavy (non-hydrogen) atoms. The first kappa shape index (κ1) is 19.6. The van der Waals surface area contributed by atoms with Crippen molar-refractivity contribution in [1.82, 2.24) is 4.37 Å². The Morgan fingerprint density at radius 3 is 2.68 bits per heavy atom. The maximum Gasteiger partial charge on any atom is 0.248 e. The van der Waals surface area contributed by atoms with E-state index in [1.54, 1.807) is 12.1 Å². The molecule has 1 aromatic carbocycles. The fraction of sp³-hybridized carbons (Fsp3) is 0.619. The van der Waals surface area contributed by atoms with E-state index in [2.05, 4.69) is 9.69 Å². The van der Waals surface area contributed by atoms with Crippen LogP contribution in [0.4, 0.5) is 20.3 Å². The van der Waals surface area contributed by atoms with Gasteiger partial charge in [-0.25, -0.2) is 8.78 Å². The second kappa shape index (κ2) is 7.93. The molecule has 4 rings (SSSR count). The van der Waals surface area contributed by atoms with E-state index in [4.69, 9.17) is 5.73 Å². The summed E-state index contributed by atoms with van der Waals surface area (Å²) in [6, 6.07) is 5.43. The van der Waals surface area contributed by atoms with Gasteiger partial charge in [-0.1, -0.05) is 38.5 Å². The number of nitrogens with zero attached hydrogens (tertiary/aromatic N) is 1. The van der Waals surface area contributed by atoms with Crippen molar-refractivity contribution in [2.24, 2.45) is 17.8 Å². The second-order valence-electron chi connectivity index (χ2n) is 8.39. The summed E-state index contributed by atoms with van der Waals surface area (Å²) >= 11 is 1.30. The summed E-state index contributed by atoms with van der Waals surface area (Å²) in [5.74, 6) is -2.82. The first-order chi connectivity index (χ1) is 13.4. The van der Waals surface area contributed by atoms with Crippen LogP contribution in [0.1, 0.15) is 57.8 Å². The first-order valence-electron chi connectivity index (χ1n) is 10.3. The minimum Gasteiger partial charge on any atom is -0.382 e. The molecule has 2 aromatic rings. The van der Waals surface area contributed by atoms with Gasteiger partial charge in [-0.2, -0.15) is 4.37 Å². The molecule has 2 atom stereocenters. The number of nitrogens with one attached hydrogen (secondary N) is 1. The van der Waals surface area contributed by atoms with Gasteiger partial charge in [-0.05, 0) is 48.0 Å². The number of halogens is 2. The van der Waals surface area contributed by atoms with E-state index in [-0.39, 0.29) is 24.7 Å². The lowest BCUT2D eigenvalue weighted by atomic mass is 9.68. The van der Waals surface area contributed by atoms with Crippen LogP contribution in [0, 0.1) is 17.8 Å². The number of amides is 1. The Kier molecular flexibility index (Phi) is 5.54. The van der Waals surface area contributed by atoms with Gasteiger partial charge in [0.25, 0.3) is 0 Å². The maximum atomic E-state index is 14.2. The van der Waals surface area contributed by atoms with Crippen molar-refractivity contribution in [2.75, 3.05) is 11.1 Å². The third-order valence-electron chi connectivity index (χ3n) is 6.49. The third kappa shape index (κ3) is 4.14. The monoisotopic (exact) mass is 407 g/mol. The number of carbonyl (C=O) groups excluding carboxylic acids is 1. The summed E-state index contributed by atoms with van der Waals surface area (Å²) < 4.78 is 33.4. The molecular formula is C21H27F2N3OS. The highest BCUT2D eigenvalue weighted by Gasteiger charge is 2.46. The van der Waals surface area contributed by atoms with Crippen LogP contribution in [-0.2, 0) is 4.79 Å². The van der Waals surface area contributed by atoms with E-state index < -0.39 is 11.8 Å². The lowest BCUT2D eigenvalue weighted by molar-refractivity contribution is -0.134. The largest absolute Gasteiger partial charge is 0.382 e. The Labute approximate surface area is 168 Å². The number of hydrogen-bond donors (Lipinski definition) is 2. The van der Waals surface area contributed by atoms with Crippen LogP contribution in [0.3, 0.4) is 0 Å². The molecule has 1 aromatic heterocycles. The highest BCUT2D eigenvalue weighted by molar-refractivity contribution is 7.13. The van der Waals surface area contributed by atoms with Crippen LogP contribution in [0.15, 0.2) is 18.2 Å². The van der Waals surface area contributed by atoms with Crippen molar-refractivity contribution in [3.63, 3.8) is 0 Å². The fourth-order valence-corrected chi connectivity index (χ4v) is 5.70. The first-order valence-corrected chi connectivity index (χ1v) is 11.0. The smallest absolute Gasteiger partial charge is 0.248 e. The van der Waals surface area contributed by atoms with Gasteiger partial charge in [-0.3, -0.25) is 4.79 Å². The molecule has 0 spiro atoms. The van der Waals surface area contributed by atoms with Crippen molar-refractivity contribution >= 4 is 39.0 Å². The molecule has 2 saturated carbocycles. The average Bonchev–Trinajstić information content (AvgIpc) is 2.86. The molecule has 1 amide bonds. The highest BCUT2D eigenvalue weighted by Crippen LogP contribution is 2.46. The molecule has 2 fully saturated rings. The molecule has 1 heterocycles. The van der Waals surface area contributed by atoms with Gasteiger partial charge in [0.15, 0.2) is 0 Å². The lowest BCUT2D eigenvalue weighted by Gasteiger charge is -2.39. The number of nitrogen functional groups attached to an aromatic ring is 1. The molecule has 0 bridgehead atoms. The molecule has 0 saturated heterocycles. The Hall–Kier alpha value is -1.76. The zero-order valence-corrected chi connectivity index (χ0v) is 16.7. The van der Waals surface area contributed by atoms with Gasteiger partial charge >= 0.3 is 0 Å². The number of carbonyl (C=O) groups is 1. The molecule has 3 N–H and O–H groups in total. The summed E-state index contributed by atoms with van der Waals surface area (Å²) in [4.78, 5) is 13.1. The van der Waals surface area contributed by atoms with Crippen molar-refractivity contribution in [3.8, 4) is 0 Å². The van der Waals surface area contributed by atoms with E-state index in [9.17, 15) is 13.6 Å². The molecule has 152 valence electrons. The quantitative estimate of drug-likeness (QED) is 0.628. The maximum absolute atomic E-state index is 14.2. The normalized spacial score (nSPS) is 26.1. The zero-order chi connectivity index (χ0) is 19.7. The number of hydrogen-bond acceptors (Lipinski definition) is 4. The van der Waals surface area contributed by atoms with Crippen LogP contribution in [0.2, 0.25) is 0 Å². The molecule has 2 aliphatic carbocycles. The SMILES string of the molecule is Nc1nsc2ccc(NC(=O)C3CC(F)(F)CCC3C3CCCCCC3)cc12. The summed E-state index contributed by atoms with van der Waals surface area (Å²) in [6.45, 7) is 0. The van der Waals surface area contributed by atoms with E-state index in [0.29, 0.717) is 23.8 Å². The number of benzene rings is 1. The third-order valence-corrected chi connectivity index (χ3v) is 7.33. The Morgan fingerprint density at radius 1 is 1.18 bits per heavy atom. The van der Waals surface area contributed by atoms with E-state index in [1.165, 1.54) is 24.4 Å². The highest BCUT2D eigenvalue weighted by atomic mass is 32.1. The predicted octanol–water partition coefficient (Wildman–Crippen LogP) is 5.84. The van der Waals surface area contributed by atoms with E-state index in [1.807, 2.05) is 6.07 Å². The van der Waals surface area contributed by atoms with Crippen LogP contribution < -0.4 is 11.1 Å². The second-order valence-corrected chi connectivity index (χ2v) is 9.19. The van der Waals surface area contributed by atoms with Crippen molar-refractivity contribution < 1.29 is 13.6 Å². The van der Waals surface area contributed by atoms with Gasteiger partial charge in [0.1, 0.15) is 5.82 Å². The summed E-state index contributed by atoms with van der Waals surface area (Å²) in [6.07, 6.45) is 6.84. The molecule has 2 aliphatic rings. The molecule has 2 unspecified atom stereocenters. The van der Waals surface area contributed by atoms with Crippen molar-refractivity contribution in [2.45, 2.75) is 63.7 Å². The number of aromatic nitrogens is 1. The van der Waals surface area contributed by atoms with Crippen molar-refractivity contribution in [1.29, 1.82) is 0 Å². The van der Waals surface area contributed by atoms with Gasteiger partial charge < -0.3 is 11.1 Å². The fourth-order valence-electron chi connectivity index (χ4n) is 5.01. The molecule has 0 aliphatic heterocycles. The number of fused-ring (bicyclic) bond motifs is 1. The predicted molar refractivity (Wildman–Crippen MR) is 110 cm³/mol. The molecule has 0 radical (unpaired) electrons. The Morgan fingerprint density at radius 2 is 1.93 bits per heavy atom. The molecule has 4 nitrogen and oxygen atoms in total. The minimum atomic E-state index is -2.76. The number of alkyl halides is 2. The lowest BCUT2D eigenvalue weighted by Crippen LogP contribution is -2.42. The van der Waals surface area contributed by atoms with E-state index in [0.717, 1.165) is 35.8 Å². The summed E-state index contributed by atoms with van der Waals surface area (Å²) in [5.41, 5.74) is 6.47. The zero-order valence-electron chi connectivity index (χ0n) is 15.9. The van der Waals surface area contributed by atoms with Crippen LogP contribution in [-0.4, -0.2) is 16.2 Å². The molecular weight excluding hydrogens is 380 g/mol. The summed E-state index contributed by atoms with van der Waals surface area (Å²) in [5, 5.41) is 3.68. The number of nitrogens with two attached hydrogens (primary N) is 1. The summed E-state index contributed by atoms with van der Waals surface area (Å²) in [7, 11) is 0. The van der Waals surface area contributed by atoms with Crippen LogP contribution >= 0.6 is 11.5 Å². The Bertz CT molecular complexity index is 845. The molecule has 7 heteroatoms. The van der Waals surface area contributed by atoms with Crippen LogP contribution in [0.25, 0.3) is 10.1 Å². The van der Waals surface area contributed by atoms with Gasteiger partial charge in [-0.15, -0.1) is 0 Å². The van der Waals surface area contributed by atoms with Crippen molar-refractivity contribution in [3.05, 3.63) is 18.2 Å². The van der Waals surface area contributed by atoms with Gasteiger partial charge in [0.2, 0.25) is 11.8 Å². The standard InChI is InChI=1S/C21H27F2N3OS/c22-21(23)10-9-15(13-5-3-1-2-4-6-13)17(12-21)20(27)25-14-7-8-18-16(11-14)19(24)26-28-18/h7-8,11,13,15,17H,1-6,9-10,12H2,(H2,24,26)(H,25,27). The number of rotatable bonds is 3. The van der Waals surface area contributed by atoms with Gasteiger partial charge in [0, 0.05) is 29.8 Å². The topological polar surface area (TPSA) is 68.0 Å².